The first kappa shape index (κ1) is 25.5. The molecule has 0 saturated heterocycles. The number of hydrogen-bond acceptors (Lipinski definition) is 5. The van der Waals surface area contributed by atoms with Gasteiger partial charge in [0.2, 0.25) is 17.7 Å². The van der Waals surface area contributed by atoms with Crippen molar-refractivity contribution in [3.8, 4) is 0 Å². The topological polar surface area (TPSA) is 108 Å². The van der Waals surface area contributed by atoms with Crippen LogP contribution in [0.15, 0.2) is 42.5 Å². The number of hydroxylamine groups is 1. The van der Waals surface area contributed by atoms with Crippen LogP contribution in [0.2, 0.25) is 0 Å². The van der Waals surface area contributed by atoms with Crippen LogP contribution in [0.4, 0.5) is 0 Å². The second-order valence-electron chi connectivity index (χ2n) is 8.16. The maximum absolute atomic E-state index is 13.1. The summed E-state index contributed by atoms with van der Waals surface area (Å²) in [6.45, 7) is 0.949. The first-order chi connectivity index (χ1) is 15.5. The van der Waals surface area contributed by atoms with Gasteiger partial charge >= 0.3 is 0 Å². The Morgan fingerprint density at radius 2 is 1.88 bits per heavy atom. The summed E-state index contributed by atoms with van der Waals surface area (Å²) in [5.41, 5.74) is 2.57. The normalized spacial score (nSPS) is 21.4. The first-order valence-corrected chi connectivity index (χ1v) is 11.3. The number of rotatable bonds is 6. The number of allylic oxidation sites excluding steroid dienone is 2. The van der Waals surface area contributed by atoms with E-state index < -0.39 is 17.9 Å². The van der Waals surface area contributed by atoms with Gasteiger partial charge in [0, 0.05) is 25.9 Å². The standard InChI is InChI=1S/C24H35N3O5/c1-27-15-11-6-4-2-3-5-10-14-20(16-22(28)26-31)23(29)25-21(24(27)30)18-32-17-19-12-8-7-9-13-19/h2-3,7-9,12-13,20-21,31H,4-6,10-11,14-18H2,1H3,(H,25,29)(H,26,28). The predicted molar refractivity (Wildman–Crippen MR) is 121 cm³/mol. The number of likely N-dealkylation sites (N-methyl/N-ethyl adjacent to an activating group) is 1. The summed E-state index contributed by atoms with van der Waals surface area (Å²) in [5, 5.41) is 11.7. The van der Waals surface area contributed by atoms with Gasteiger partial charge in [-0.3, -0.25) is 19.6 Å². The van der Waals surface area contributed by atoms with E-state index >= 15 is 0 Å². The Kier molecular flexibility index (Phi) is 11.5. The van der Waals surface area contributed by atoms with Gasteiger partial charge in [-0.25, -0.2) is 5.48 Å². The van der Waals surface area contributed by atoms with Gasteiger partial charge < -0.3 is 15.0 Å². The monoisotopic (exact) mass is 445 g/mol. The Labute approximate surface area is 190 Å². The van der Waals surface area contributed by atoms with Crippen LogP contribution in [0.25, 0.3) is 0 Å². The molecule has 176 valence electrons. The second kappa shape index (κ2) is 14.4. The molecule has 1 heterocycles. The smallest absolute Gasteiger partial charge is 0.247 e. The third-order valence-corrected chi connectivity index (χ3v) is 5.52. The van der Waals surface area contributed by atoms with Gasteiger partial charge in [0.15, 0.2) is 0 Å². The molecule has 0 fully saturated rings. The van der Waals surface area contributed by atoms with Gasteiger partial charge in [-0.15, -0.1) is 0 Å². The fourth-order valence-corrected chi connectivity index (χ4v) is 3.63. The molecule has 2 rings (SSSR count). The average Bonchev–Trinajstić information content (AvgIpc) is 2.81. The summed E-state index contributed by atoms with van der Waals surface area (Å²) in [4.78, 5) is 39.4. The molecule has 32 heavy (non-hydrogen) atoms. The van der Waals surface area contributed by atoms with Gasteiger partial charge in [0.05, 0.1) is 13.2 Å². The molecule has 0 spiro atoms. The minimum Gasteiger partial charge on any atom is -0.374 e. The third-order valence-electron chi connectivity index (χ3n) is 5.52. The van der Waals surface area contributed by atoms with Crippen LogP contribution in [0.3, 0.4) is 0 Å². The minimum atomic E-state index is -0.848. The molecule has 0 saturated carbocycles. The number of ether oxygens (including phenoxy) is 1. The molecule has 0 radical (unpaired) electrons. The van der Waals surface area contributed by atoms with E-state index in [0.29, 0.717) is 19.6 Å². The lowest BCUT2D eigenvalue weighted by Gasteiger charge is -2.26. The third kappa shape index (κ3) is 9.20. The molecule has 8 nitrogen and oxygen atoms in total. The van der Waals surface area contributed by atoms with Crippen molar-refractivity contribution in [3.63, 3.8) is 0 Å². The van der Waals surface area contributed by atoms with Crippen LogP contribution in [0, 0.1) is 5.92 Å². The molecule has 3 amide bonds. The maximum atomic E-state index is 13.1. The van der Waals surface area contributed by atoms with Crippen LogP contribution in [0.5, 0.6) is 0 Å². The Balaban J connectivity index is 2.11. The predicted octanol–water partition coefficient (Wildman–Crippen LogP) is 2.57. The van der Waals surface area contributed by atoms with Crippen LogP contribution >= 0.6 is 0 Å². The zero-order valence-corrected chi connectivity index (χ0v) is 18.8. The van der Waals surface area contributed by atoms with Gasteiger partial charge in [-0.2, -0.15) is 0 Å². The minimum absolute atomic E-state index is 0.0320. The van der Waals surface area contributed by atoms with E-state index in [4.69, 9.17) is 9.94 Å². The van der Waals surface area contributed by atoms with Crippen molar-refractivity contribution in [1.82, 2.24) is 15.7 Å². The highest BCUT2D eigenvalue weighted by Gasteiger charge is 2.29. The summed E-state index contributed by atoms with van der Waals surface area (Å²) in [7, 11) is 1.73. The summed E-state index contributed by atoms with van der Waals surface area (Å²) >= 11 is 0. The van der Waals surface area contributed by atoms with Crippen molar-refractivity contribution in [3.05, 3.63) is 48.0 Å². The SMILES string of the molecule is CN1CCCCC=CCCCC(CC(=O)NO)C(=O)NC(COCc2ccccc2)C1=O. The Morgan fingerprint density at radius 1 is 1.16 bits per heavy atom. The van der Waals surface area contributed by atoms with E-state index in [1.54, 1.807) is 17.4 Å². The van der Waals surface area contributed by atoms with E-state index in [0.717, 1.165) is 37.7 Å². The van der Waals surface area contributed by atoms with Crippen molar-refractivity contribution in [2.24, 2.45) is 5.92 Å². The molecule has 0 bridgehead atoms. The number of benzene rings is 1. The van der Waals surface area contributed by atoms with Crippen molar-refractivity contribution in [1.29, 1.82) is 0 Å². The maximum Gasteiger partial charge on any atom is 0.247 e. The van der Waals surface area contributed by atoms with Crippen LogP contribution in [-0.4, -0.2) is 54.1 Å². The number of nitrogens with one attached hydrogen (secondary N) is 2. The number of nitrogens with zero attached hydrogens (tertiary/aromatic N) is 1. The zero-order chi connectivity index (χ0) is 23.2. The van der Waals surface area contributed by atoms with E-state index in [2.05, 4.69) is 17.5 Å². The molecule has 2 atom stereocenters. The second-order valence-corrected chi connectivity index (χ2v) is 8.16. The van der Waals surface area contributed by atoms with Crippen molar-refractivity contribution in [2.75, 3.05) is 20.2 Å². The molecule has 8 heteroatoms. The molecule has 1 aliphatic heterocycles. The molecule has 1 aromatic rings. The molecule has 2 unspecified atom stereocenters. The molecule has 0 aliphatic carbocycles. The number of carbonyl (C=O) groups is 3. The highest BCUT2D eigenvalue weighted by Crippen LogP contribution is 2.15. The lowest BCUT2D eigenvalue weighted by Crippen LogP contribution is -2.51. The van der Waals surface area contributed by atoms with Crippen molar-refractivity contribution in [2.45, 2.75) is 57.6 Å². The quantitative estimate of drug-likeness (QED) is 0.354. The van der Waals surface area contributed by atoms with Gasteiger partial charge in [0.25, 0.3) is 0 Å². The summed E-state index contributed by atoms with van der Waals surface area (Å²) in [6, 6.07) is 8.75. The number of carbonyl (C=O) groups excluding carboxylic acids is 3. The van der Waals surface area contributed by atoms with Crippen LogP contribution in [0.1, 0.15) is 50.5 Å². The van der Waals surface area contributed by atoms with Crippen LogP contribution in [-0.2, 0) is 25.7 Å². The van der Waals surface area contributed by atoms with Gasteiger partial charge in [0.1, 0.15) is 6.04 Å². The Morgan fingerprint density at radius 3 is 2.59 bits per heavy atom. The van der Waals surface area contributed by atoms with Gasteiger partial charge in [-0.1, -0.05) is 42.5 Å². The zero-order valence-electron chi connectivity index (χ0n) is 18.8. The van der Waals surface area contributed by atoms with Crippen molar-refractivity contribution < 1.29 is 24.3 Å². The highest BCUT2D eigenvalue weighted by molar-refractivity contribution is 5.90. The Bertz CT molecular complexity index is 753. The number of amides is 3. The lowest BCUT2D eigenvalue weighted by atomic mass is 9.96. The van der Waals surface area contributed by atoms with Crippen molar-refractivity contribution >= 4 is 17.7 Å². The van der Waals surface area contributed by atoms with E-state index in [9.17, 15) is 14.4 Å². The first-order valence-electron chi connectivity index (χ1n) is 11.3. The van der Waals surface area contributed by atoms with Crippen LogP contribution < -0.4 is 10.8 Å². The van der Waals surface area contributed by atoms with E-state index in [1.807, 2.05) is 30.3 Å². The van der Waals surface area contributed by atoms with Gasteiger partial charge in [-0.05, 0) is 44.1 Å². The molecule has 1 aliphatic rings. The highest BCUT2D eigenvalue weighted by atomic mass is 16.5. The van der Waals surface area contributed by atoms with E-state index in [-0.39, 0.29) is 24.8 Å². The molecular weight excluding hydrogens is 410 g/mol. The largest absolute Gasteiger partial charge is 0.374 e. The lowest BCUT2D eigenvalue weighted by molar-refractivity contribution is -0.140. The summed E-state index contributed by atoms with van der Waals surface area (Å²) < 4.78 is 5.76. The van der Waals surface area contributed by atoms with E-state index in [1.165, 1.54) is 0 Å². The average molecular weight is 446 g/mol. The summed E-state index contributed by atoms with van der Waals surface area (Å²) in [6.07, 6.45) is 8.89. The fourth-order valence-electron chi connectivity index (χ4n) is 3.63. The molecule has 1 aromatic carbocycles. The molecule has 3 N–H and O–H groups in total. The fraction of sp³-hybridized carbons (Fsp3) is 0.542. The number of hydrogen-bond donors (Lipinski definition) is 3. The Hall–Kier alpha value is -2.71. The summed E-state index contributed by atoms with van der Waals surface area (Å²) in [5.74, 6) is -1.88. The molecular formula is C24H35N3O5. The molecule has 0 aromatic heterocycles.